The molecule has 0 heterocycles. The molecular formula is C18H28N2O6. The monoisotopic (exact) mass is 368 g/mol. The molecule has 0 saturated carbocycles. The van der Waals surface area contributed by atoms with E-state index in [0.29, 0.717) is 0 Å². The normalized spacial score (nSPS) is 15.7. The number of carbonyl (C=O) groups is 2. The number of nitrogens with one attached hydrogen (secondary N) is 1. The highest BCUT2D eigenvalue weighted by Crippen LogP contribution is 2.05. The summed E-state index contributed by atoms with van der Waals surface area (Å²) in [7, 11) is 0. The molecule has 0 bridgehead atoms. The van der Waals surface area contributed by atoms with Crippen LogP contribution in [-0.4, -0.2) is 66.2 Å². The fourth-order valence-corrected chi connectivity index (χ4v) is 2.11. The molecule has 0 aromatic heterocycles. The van der Waals surface area contributed by atoms with Crippen LogP contribution >= 0.6 is 0 Å². The first-order valence-corrected chi connectivity index (χ1v) is 8.50. The van der Waals surface area contributed by atoms with Crippen molar-refractivity contribution in [3.63, 3.8) is 0 Å². The summed E-state index contributed by atoms with van der Waals surface area (Å²) >= 11 is 0. The van der Waals surface area contributed by atoms with Gasteiger partial charge in [-0.3, -0.25) is 4.79 Å². The van der Waals surface area contributed by atoms with E-state index in [1.165, 1.54) is 6.92 Å². The molecule has 1 aromatic carbocycles. The van der Waals surface area contributed by atoms with E-state index in [4.69, 9.17) is 15.2 Å². The quantitative estimate of drug-likeness (QED) is 0.406. The summed E-state index contributed by atoms with van der Waals surface area (Å²) in [6.07, 6.45) is -1.32. The van der Waals surface area contributed by atoms with Gasteiger partial charge in [-0.05, 0) is 19.4 Å². The van der Waals surface area contributed by atoms with Crippen molar-refractivity contribution in [1.29, 1.82) is 0 Å². The molecule has 0 radical (unpaired) electrons. The van der Waals surface area contributed by atoms with Gasteiger partial charge in [-0.1, -0.05) is 30.3 Å². The number of benzene rings is 1. The third-order valence-corrected chi connectivity index (χ3v) is 3.60. The van der Waals surface area contributed by atoms with Gasteiger partial charge >= 0.3 is 5.97 Å². The molecule has 1 amide bonds. The van der Waals surface area contributed by atoms with Crippen molar-refractivity contribution >= 4 is 11.9 Å². The molecule has 1 rings (SSSR count). The van der Waals surface area contributed by atoms with Crippen LogP contribution in [0.4, 0.5) is 0 Å². The van der Waals surface area contributed by atoms with Crippen LogP contribution in [0, 0.1) is 0 Å². The molecule has 0 spiro atoms. The van der Waals surface area contributed by atoms with Crippen LogP contribution in [0.25, 0.3) is 0 Å². The number of carboxylic acids is 1. The standard InChI is InChI=1S/C18H28N2O6/c1-12(19)10-26-15(9-21)11-25-13(2)17(22)20-16(18(23)24)8-14-6-4-3-5-7-14/h3-7,12-13,15-16,21H,8-11,19H2,1-2H3,(H,20,22)(H,23,24)/t12-,13-,15-,16-/m0/s1. The highest BCUT2D eigenvalue weighted by Gasteiger charge is 2.24. The number of aliphatic hydroxyl groups is 1. The van der Waals surface area contributed by atoms with Gasteiger partial charge in [0.15, 0.2) is 0 Å². The lowest BCUT2D eigenvalue weighted by atomic mass is 10.1. The van der Waals surface area contributed by atoms with Crippen LogP contribution in [0.2, 0.25) is 0 Å². The van der Waals surface area contributed by atoms with E-state index in [0.717, 1.165) is 5.56 Å². The Morgan fingerprint density at radius 1 is 1.15 bits per heavy atom. The molecule has 0 saturated heterocycles. The molecule has 0 aliphatic carbocycles. The number of amides is 1. The van der Waals surface area contributed by atoms with Gasteiger partial charge in [0.1, 0.15) is 18.2 Å². The minimum absolute atomic E-state index is 0.00572. The molecule has 8 nitrogen and oxygen atoms in total. The molecule has 8 heteroatoms. The number of carbonyl (C=O) groups excluding carboxylic acids is 1. The smallest absolute Gasteiger partial charge is 0.326 e. The first-order valence-electron chi connectivity index (χ1n) is 8.50. The lowest BCUT2D eigenvalue weighted by Gasteiger charge is -2.21. The van der Waals surface area contributed by atoms with Crippen molar-refractivity contribution in [3.8, 4) is 0 Å². The summed E-state index contributed by atoms with van der Waals surface area (Å²) in [5, 5.41) is 21.0. The van der Waals surface area contributed by atoms with Crippen molar-refractivity contribution in [2.45, 2.75) is 44.6 Å². The minimum Gasteiger partial charge on any atom is -0.480 e. The second-order valence-electron chi connectivity index (χ2n) is 6.18. The summed E-state index contributed by atoms with van der Waals surface area (Å²) in [4.78, 5) is 23.6. The molecule has 26 heavy (non-hydrogen) atoms. The Kier molecular flexibility index (Phi) is 9.82. The number of hydrogen-bond acceptors (Lipinski definition) is 6. The average molecular weight is 368 g/mol. The molecule has 0 fully saturated rings. The van der Waals surface area contributed by atoms with Crippen molar-refractivity contribution < 1.29 is 29.3 Å². The third kappa shape index (κ3) is 8.39. The van der Waals surface area contributed by atoms with Gasteiger partial charge < -0.3 is 30.7 Å². The molecule has 146 valence electrons. The van der Waals surface area contributed by atoms with E-state index >= 15 is 0 Å². The number of hydrogen-bond donors (Lipinski definition) is 4. The van der Waals surface area contributed by atoms with Gasteiger partial charge in [-0.15, -0.1) is 0 Å². The fourth-order valence-electron chi connectivity index (χ4n) is 2.11. The number of aliphatic hydroxyl groups excluding tert-OH is 1. The summed E-state index contributed by atoms with van der Waals surface area (Å²) in [6.45, 7) is 3.26. The van der Waals surface area contributed by atoms with Crippen LogP contribution < -0.4 is 11.1 Å². The van der Waals surface area contributed by atoms with Crippen LogP contribution in [-0.2, 0) is 25.5 Å². The van der Waals surface area contributed by atoms with Crippen molar-refractivity contribution in [2.24, 2.45) is 5.73 Å². The van der Waals surface area contributed by atoms with E-state index in [1.807, 2.05) is 6.07 Å². The highest BCUT2D eigenvalue weighted by atomic mass is 16.5. The molecule has 5 N–H and O–H groups in total. The Hall–Kier alpha value is -2.00. The summed E-state index contributed by atoms with van der Waals surface area (Å²) < 4.78 is 10.7. The van der Waals surface area contributed by atoms with E-state index < -0.39 is 30.1 Å². The molecule has 1 aromatic rings. The van der Waals surface area contributed by atoms with E-state index in [2.05, 4.69) is 5.32 Å². The Balaban J connectivity index is 2.50. The number of nitrogens with two attached hydrogens (primary N) is 1. The second-order valence-corrected chi connectivity index (χ2v) is 6.18. The van der Waals surface area contributed by atoms with E-state index in [-0.39, 0.29) is 32.3 Å². The zero-order chi connectivity index (χ0) is 19.5. The van der Waals surface area contributed by atoms with Crippen LogP contribution in [0.5, 0.6) is 0 Å². The Bertz CT molecular complexity index is 552. The number of ether oxygens (including phenoxy) is 2. The predicted molar refractivity (Wildman–Crippen MR) is 95.6 cm³/mol. The summed E-state index contributed by atoms with van der Waals surface area (Å²) in [5.41, 5.74) is 6.38. The second kappa shape index (κ2) is 11.6. The van der Waals surface area contributed by atoms with Crippen molar-refractivity contribution in [3.05, 3.63) is 35.9 Å². The number of aliphatic carboxylic acids is 1. The van der Waals surface area contributed by atoms with Gasteiger partial charge in [-0.25, -0.2) is 4.79 Å². The largest absolute Gasteiger partial charge is 0.480 e. The molecule has 0 unspecified atom stereocenters. The number of rotatable bonds is 12. The first-order chi connectivity index (χ1) is 12.3. The Morgan fingerprint density at radius 3 is 2.35 bits per heavy atom. The molecule has 4 atom stereocenters. The zero-order valence-corrected chi connectivity index (χ0v) is 15.1. The van der Waals surface area contributed by atoms with E-state index in [1.54, 1.807) is 31.2 Å². The average Bonchev–Trinajstić information content (AvgIpc) is 2.61. The van der Waals surface area contributed by atoms with Crippen LogP contribution in [0.15, 0.2) is 30.3 Å². The maximum absolute atomic E-state index is 12.2. The number of carboxylic acid groups (broad SMARTS) is 1. The first kappa shape index (κ1) is 22.0. The van der Waals surface area contributed by atoms with Gasteiger partial charge in [0, 0.05) is 12.5 Å². The zero-order valence-electron chi connectivity index (χ0n) is 15.1. The lowest BCUT2D eigenvalue weighted by Crippen LogP contribution is -2.47. The summed E-state index contributed by atoms with van der Waals surface area (Å²) in [5.74, 6) is -1.67. The topological polar surface area (TPSA) is 131 Å². The third-order valence-electron chi connectivity index (χ3n) is 3.60. The van der Waals surface area contributed by atoms with Crippen LogP contribution in [0.1, 0.15) is 19.4 Å². The predicted octanol–water partition coefficient (Wildman–Crippen LogP) is -0.0717. The molecule has 0 aliphatic rings. The minimum atomic E-state index is -1.12. The Morgan fingerprint density at radius 2 is 1.81 bits per heavy atom. The molecule has 0 aliphatic heterocycles. The van der Waals surface area contributed by atoms with Crippen molar-refractivity contribution in [1.82, 2.24) is 5.32 Å². The van der Waals surface area contributed by atoms with Gasteiger partial charge in [0.25, 0.3) is 0 Å². The highest BCUT2D eigenvalue weighted by molar-refractivity contribution is 5.86. The van der Waals surface area contributed by atoms with Crippen LogP contribution in [0.3, 0.4) is 0 Å². The van der Waals surface area contributed by atoms with Gasteiger partial charge in [0.05, 0.1) is 19.8 Å². The summed E-state index contributed by atoms with van der Waals surface area (Å²) in [6, 6.07) is 7.79. The molecular weight excluding hydrogens is 340 g/mol. The van der Waals surface area contributed by atoms with Gasteiger partial charge in [0.2, 0.25) is 5.91 Å². The maximum Gasteiger partial charge on any atom is 0.326 e. The SMILES string of the molecule is C[C@H](N)CO[C@@H](CO)CO[C@@H](C)C(=O)N[C@@H](Cc1ccccc1)C(=O)O. The van der Waals surface area contributed by atoms with Gasteiger partial charge in [-0.2, -0.15) is 0 Å². The van der Waals surface area contributed by atoms with Crippen molar-refractivity contribution in [2.75, 3.05) is 19.8 Å². The maximum atomic E-state index is 12.2. The van der Waals surface area contributed by atoms with E-state index in [9.17, 15) is 19.8 Å². The lowest BCUT2D eigenvalue weighted by molar-refractivity contribution is -0.145. The fraction of sp³-hybridized carbons (Fsp3) is 0.556. The Labute approximate surface area is 153 Å².